The van der Waals surface area contributed by atoms with Crippen LogP contribution >= 0.6 is 0 Å². The van der Waals surface area contributed by atoms with Crippen LogP contribution in [0.25, 0.3) is 0 Å². The van der Waals surface area contributed by atoms with Gasteiger partial charge in [-0.15, -0.1) is 0 Å². The van der Waals surface area contributed by atoms with Gasteiger partial charge in [0.05, 0.1) is 0 Å². The first-order chi connectivity index (χ1) is 11.6. The molecule has 3 atom stereocenters. The summed E-state index contributed by atoms with van der Waals surface area (Å²) >= 11 is 0. The van der Waals surface area contributed by atoms with Crippen LogP contribution in [-0.4, -0.2) is 28.8 Å². The number of carbonyl (C=O) groups excluding carboxylic acids is 1. The highest BCUT2D eigenvalue weighted by Gasteiger charge is 2.64. The van der Waals surface area contributed by atoms with E-state index in [-0.39, 0.29) is 11.9 Å². The Morgan fingerprint density at radius 3 is 2.58 bits per heavy atom. The van der Waals surface area contributed by atoms with Crippen molar-refractivity contribution in [2.24, 2.45) is 4.99 Å². The summed E-state index contributed by atoms with van der Waals surface area (Å²) in [5.74, 6) is 0.752. The second-order valence-electron chi connectivity index (χ2n) is 6.16. The second-order valence-corrected chi connectivity index (χ2v) is 6.16. The van der Waals surface area contributed by atoms with Gasteiger partial charge in [-0.25, -0.2) is 4.99 Å². The van der Waals surface area contributed by atoms with Crippen molar-refractivity contribution in [2.75, 3.05) is 0 Å². The molecular weight excluding hydrogens is 306 g/mol. The van der Waals surface area contributed by atoms with Crippen LogP contribution in [0, 0.1) is 0 Å². The van der Waals surface area contributed by atoms with Crippen LogP contribution in [0.15, 0.2) is 59.6 Å². The molecule has 1 fully saturated rings. The van der Waals surface area contributed by atoms with E-state index in [2.05, 4.69) is 4.99 Å². The number of esters is 1. The molecule has 0 bridgehead atoms. The van der Waals surface area contributed by atoms with Crippen molar-refractivity contribution < 1.29 is 19.4 Å². The molecule has 0 radical (unpaired) electrons. The minimum Gasteiger partial charge on any atom is -0.445 e. The molecule has 5 nitrogen and oxygen atoms in total. The van der Waals surface area contributed by atoms with Crippen LogP contribution in [0.1, 0.15) is 30.4 Å². The molecule has 2 aliphatic rings. The summed E-state index contributed by atoms with van der Waals surface area (Å²) in [6, 6.07) is 16.9. The molecule has 4 rings (SSSR count). The molecule has 5 heteroatoms. The van der Waals surface area contributed by atoms with Crippen molar-refractivity contribution in [3.8, 4) is 5.75 Å². The third-order valence-corrected chi connectivity index (χ3v) is 4.50. The first kappa shape index (κ1) is 14.9. The number of carbonyl (C=O) groups is 1. The molecule has 1 N–H and O–H groups in total. The Bertz CT molecular complexity index is 800. The summed E-state index contributed by atoms with van der Waals surface area (Å²) < 4.78 is 10.6. The van der Waals surface area contributed by atoms with Gasteiger partial charge in [-0.2, -0.15) is 0 Å². The van der Waals surface area contributed by atoms with Crippen molar-refractivity contribution in [3.05, 3.63) is 65.7 Å². The number of rotatable bonds is 3. The number of hydrogen-bond acceptors (Lipinski definition) is 5. The standard InChI is InChI=1S/C19H17NO4/c1-12(21)23-15-9-7-13(8-10-15)16-11-19(16)18(22)24-17(20-19)14-5-3-2-4-6-14/h2-10,16,18,22H,11H2,1H3. The first-order valence-corrected chi connectivity index (χ1v) is 7.87. The van der Waals surface area contributed by atoms with E-state index in [0.717, 1.165) is 17.5 Å². The number of aliphatic hydroxyl groups is 1. The van der Waals surface area contributed by atoms with Crippen LogP contribution in [0.5, 0.6) is 5.75 Å². The molecule has 24 heavy (non-hydrogen) atoms. The Morgan fingerprint density at radius 1 is 1.21 bits per heavy atom. The van der Waals surface area contributed by atoms with Crippen molar-refractivity contribution in [2.45, 2.75) is 31.1 Å². The van der Waals surface area contributed by atoms with Crippen LogP contribution in [-0.2, 0) is 9.53 Å². The highest BCUT2D eigenvalue weighted by molar-refractivity contribution is 5.96. The van der Waals surface area contributed by atoms with E-state index in [9.17, 15) is 9.90 Å². The summed E-state index contributed by atoms with van der Waals surface area (Å²) in [5.41, 5.74) is 1.31. The lowest BCUT2D eigenvalue weighted by molar-refractivity contribution is -0.131. The Hall–Kier alpha value is -2.66. The van der Waals surface area contributed by atoms with Crippen molar-refractivity contribution in [3.63, 3.8) is 0 Å². The summed E-state index contributed by atoms with van der Waals surface area (Å²) in [5, 5.41) is 10.4. The van der Waals surface area contributed by atoms with Crippen LogP contribution < -0.4 is 4.74 Å². The highest BCUT2D eigenvalue weighted by Crippen LogP contribution is 2.59. The predicted octanol–water partition coefficient (Wildman–Crippen LogP) is 2.63. The summed E-state index contributed by atoms with van der Waals surface area (Å²) in [7, 11) is 0. The maximum absolute atomic E-state index is 11.0. The van der Waals surface area contributed by atoms with E-state index in [4.69, 9.17) is 9.47 Å². The van der Waals surface area contributed by atoms with Gasteiger partial charge in [-0.05, 0) is 36.2 Å². The maximum Gasteiger partial charge on any atom is 0.308 e. The SMILES string of the molecule is CC(=O)Oc1ccc(C2CC23N=C(c2ccccc2)OC3O)cc1. The summed E-state index contributed by atoms with van der Waals surface area (Å²) in [4.78, 5) is 15.6. The lowest BCUT2D eigenvalue weighted by Gasteiger charge is -2.11. The Balaban J connectivity index is 1.56. The monoisotopic (exact) mass is 323 g/mol. The van der Waals surface area contributed by atoms with Crippen LogP contribution in [0.2, 0.25) is 0 Å². The van der Waals surface area contributed by atoms with Crippen LogP contribution in [0.4, 0.5) is 0 Å². The number of aliphatic imine (C=N–C) groups is 1. The first-order valence-electron chi connectivity index (χ1n) is 7.87. The lowest BCUT2D eigenvalue weighted by Crippen LogP contribution is -2.25. The zero-order valence-corrected chi connectivity index (χ0v) is 13.2. The minimum absolute atomic E-state index is 0.0973. The Kier molecular flexibility index (Phi) is 3.39. The van der Waals surface area contributed by atoms with Gasteiger partial charge in [0, 0.05) is 18.4 Å². The van der Waals surface area contributed by atoms with E-state index in [0.29, 0.717) is 11.6 Å². The highest BCUT2D eigenvalue weighted by atomic mass is 16.6. The molecule has 1 spiro atoms. The second kappa shape index (κ2) is 5.46. The van der Waals surface area contributed by atoms with E-state index >= 15 is 0 Å². The molecule has 1 heterocycles. The van der Waals surface area contributed by atoms with Gasteiger partial charge >= 0.3 is 5.97 Å². The minimum atomic E-state index is -0.939. The molecule has 1 saturated carbocycles. The molecule has 3 unspecified atom stereocenters. The fraction of sp³-hybridized carbons (Fsp3) is 0.263. The van der Waals surface area contributed by atoms with Crippen molar-refractivity contribution in [1.82, 2.24) is 0 Å². The number of benzene rings is 2. The number of aliphatic hydroxyl groups excluding tert-OH is 1. The largest absolute Gasteiger partial charge is 0.445 e. The molecule has 1 aliphatic heterocycles. The van der Waals surface area contributed by atoms with E-state index in [1.807, 2.05) is 42.5 Å². The zero-order valence-electron chi connectivity index (χ0n) is 13.2. The van der Waals surface area contributed by atoms with Crippen molar-refractivity contribution in [1.29, 1.82) is 0 Å². The van der Waals surface area contributed by atoms with Gasteiger partial charge in [0.2, 0.25) is 12.2 Å². The van der Waals surface area contributed by atoms with Gasteiger partial charge in [-0.3, -0.25) is 4.79 Å². The third-order valence-electron chi connectivity index (χ3n) is 4.50. The van der Waals surface area contributed by atoms with Gasteiger partial charge in [0.1, 0.15) is 11.3 Å². The smallest absolute Gasteiger partial charge is 0.308 e. The Labute approximate surface area is 139 Å². The predicted molar refractivity (Wildman–Crippen MR) is 87.9 cm³/mol. The lowest BCUT2D eigenvalue weighted by atomic mass is 10.1. The van der Waals surface area contributed by atoms with Crippen molar-refractivity contribution >= 4 is 11.9 Å². The average Bonchev–Trinajstić information content (AvgIpc) is 3.21. The normalized spacial score (nSPS) is 27.5. The molecule has 0 amide bonds. The Morgan fingerprint density at radius 2 is 1.92 bits per heavy atom. The van der Waals surface area contributed by atoms with Gasteiger partial charge in [0.25, 0.3) is 0 Å². The zero-order chi connectivity index (χ0) is 16.7. The van der Waals surface area contributed by atoms with Gasteiger partial charge in [0.15, 0.2) is 0 Å². The van der Waals surface area contributed by atoms with Crippen LogP contribution in [0.3, 0.4) is 0 Å². The molecule has 1 aliphatic carbocycles. The molecule has 0 saturated heterocycles. The topological polar surface area (TPSA) is 68.1 Å². The van der Waals surface area contributed by atoms with E-state index in [1.165, 1.54) is 6.92 Å². The number of ether oxygens (including phenoxy) is 2. The summed E-state index contributed by atoms with van der Waals surface area (Å²) in [6.07, 6.45) is -0.205. The molecule has 122 valence electrons. The fourth-order valence-corrected chi connectivity index (χ4v) is 3.20. The molecule has 2 aromatic rings. The van der Waals surface area contributed by atoms with E-state index < -0.39 is 11.8 Å². The fourth-order valence-electron chi connectivity index (χ4n) is 3.20. The van der Waals surface area contributed by atoms with Gasteiger partial charge < -0.3 is 14.6 Å². The van der Waals surface area contributed by atoms with E-state index in [1.54, 1.807) is 12.1 Å². The number of hydrogen-bond donors (Lipinski definition) is 1. The molecule has 2 aromatic carbocycles. The average molecular weight is 323 g/mol. The third kappa shape index (κ3) is 2.47. The molecule has 0 aromatic heterocycles. The number of nitrogens with zero attached hydrogens (tertiary/aromatic N) is 1. The quantitative estimate of drug-likeness (QED) is 0.696. The summed E-state index contributed by atoms with van der Waals surface area (Å²) in [6.45, 7) is 1.37. The molecular formula is C19H17NO4. The maximum atomic E-state index is 11.0. The van der Waals surface area contributed by atoms with Gasteiger partial charge in [-0.1, -0.05) is 30.3 Å².